The SMILES string of the molecule is C=CC(=O)CC(O)CCOCc1ccccc1. The third-order valence-corrected chi connectivity index (χ3v) is 2.37. The zero-order valence-corrected chi connectivity index (χ0v) is 9.84. The number of aliphatic hydroxyl groups excluding tert-OH is 1. The highest BCUT2D eigenvalue weighted by Gasteiger charge is 2.07. The van der Waals surface area contributed by atoms with Crippen molar-refractivity contribution in [2.45, 2.75) is 25.6 Å². The van der Waals surface area contributed by atoms with Crippen molar-refractivity contribution in [1.82, 2.24) is 0 Å². The van der Waals surface area contributed by atoms with Gasteiger partial charge in [0.05, 0.1) is 12.7 Å². The van der Waals surface area contributed by atoms with Crippen LogP contribution in [0.4, 0.5) is 0 Å². The highest BCUT2D eigenvalue weighted by atomic mass is 16.5. The maximum atomic E-state index is 11.0. The molecule has 3 heteroatoms. The number of carbonyl (C=O) groups is 1. The van der Waals surface area contributed by atoms with Crippen LogP contribution in [0.25, 0.3) is 0 Å². The number of aliphatic hydroxyl groups is 1. The van der Waals surface area contributed by atoms with Gasteiger partial charge in [0.15, 0.2) is 5.78 Å². The van der Waals surface area contributed by atoms with E-state index in [-0.39, 0.29) is 12.2 Å². The first-order chi connectivity index (χ1) is 8.22. The number of benzene rings is 1. The minimum absolute atomic E-state index is 0.123. The predicted octanol–water partition coefficient (Wildman–Crippen LogP) is 2.10. The fourth-order valence-corrected chi connectivity index (χ4v) is 1.40. The van der Waals surface area contributed by atoms with E-state index in [0.29, 0.717) is 19.6 Å². The van der Waals surface area contributed by atoms with Crippen molar-refractivity contribution in [3.8, 4) is 0 Å². The van der Waals surface area contributed by atoms with Gasteiger partial charge in [-0.05, 0) is 18.1 Å². The van der Waals surface area contributed by atoms with E-state index >= 15 is 0 Å². The monoisotopic (exact) mass is 234 g/mol. The van der Waals surface area contributed by atoms with Crippen LogP contribution in [-0.4, -0.2) is 23.6 Å². The fraction of sp³-hybridized carbons (Fsp3) is 0.357. The molecule has 0 heterocycles. The number of rotatable bonds is 8. The van der Waals surface area contributed by atoms with Crippen LogP contribution in [0.15, 0.2) is 43.0 Å². The van der Waals surface area contributed by atoms with Gasteiger partial charge in [-0.2, -0.15) is 0 Å². The molecule has 1 aromatic rings. The molecule has 0 saturated carbocycles. The molecule has 0 amide bonds. The van der Waals surface area contributed by atoms with Crippen molar-refractivity contribution in [1.29, 1.82) is 0 Å². The third-order valence-electron chi connectivity index (χ3n) is 2.37. The highest BCUT2D eigenvalue weighted by molar-refractivity contribution is 5.89. The minimum atomic E-state index is -0.642. The van der Waals surface area contributed by atoms with Crippen LogP contribution in [-0.2, 0) is 16.1 Å². The smallest absolute Gasteiger partial charge is 0.157 e. The molecule has 0 aliphatic heterocycles. The lowest BCUT2D eigenvalue weighted by molar-refractivity contribution is -0.116. The molecule has 1 unspecified atom stereocenters. The van der Waals surface area contributed by atoms with Gasteiger partial charge in [-0.1, -0.05) is 36.9 Å². The molecule has 0 spiro atoms. The summed E-state index contributed by atoms with van der Waals surface area (Å²) < 4.78 is 5.41. The molecule has 1 atom stereocenters. The van der Waals surface area contributed by atoms with Gasteiger partial charge >= 0.3 is 0 Å². The molecule has 1 N–H and O–H groups in total. The van der Waals surface area contributed by atoms with Gasteiger partial charge in [-0.25, -0.2) is 0 Å². The number of carbonyl (C=O) groups excluding carboxylic acids is 1. The third kappa shape index (κ3) is 6.00. The molecule has 0 fully saturated rings. The number of hydrogen-bond acceptors (Lipinski definition) is 3. The quantitative estimate of drug-likeness (QED) is 0.553. The van der Waals surface area contributed by atoms with Crippen LogP contribution < -0.4 is 0 Å². The standard InChI is InChI=1S/C14H18O3/c1-2-13(15)10-14(16)8-9-17-11-12-6-4-3-5-7-12/h2-7,14,16H,1,8-11H2. The summed E-state index contributed by atoms with van der Waals surface area (Å²) in [5.74, 6) is -0.138. The second-order valence-corrected chi connectivity index (χ2v) is 3.86. The molecule has 17 heavy (non-hydrogen) atoms. The number of hydrogen-bond donors (Lipinski definition) is 1. The Morgan fingerprint density at radius 2 is 2.12 bits per heavy atom. The highest BCUT2D eigenvalue weighted by Crippen LogP contribution is 2.03. The normalized spacial score (nSPS) is 12.1. The number of allylic oxidation sites excluding steroid dienone is 1. The van der Waals surface area contributed by atoms with Gasteiger partial charge < -0.3 is 9.84 Å². The zero-order valence-electron chi connectivity index (χ0n) is 9.84. The lowest BCUT2D eigenvalue weighted by Crippen LogP contribution is -2.14. The van der Waals surface area contributed by atoms with Gasteiger partial charge in [0, 0.05) is 13.0 Å². The summed E-state index contributed by atoms with van der Waals surface area (Å²) >= 11 is 0. The Bertz CT molecular complexity index is 346. The first-order valence-electron chi connectivity index (χ1n) is 5.67. The van der Waals surface area contributed by atoms with E-state index in [1.807, 2.05) is 30.3 Å². The molecule has 0 saturated heterocycles. The first-order valence-corrected chi connectivity index (χ1v) is 5.67. The molecular formula is C14H18O3. The Morgan fingerprint density at radius 3 is 2.76 bits per heavy atom. The van der Waals surface area contributed by atoms with E-state index < -0.39 is 6.10 Å². The van der Waals surface area contributed by atoms with Crippen molar-refractivity contribution in [2.75, 3.05) is 6.61 Å². The maximum absolute atomic E-state index is 11.0. The van der Waals surface area contributed by atoms with Crippen LogP contribution in [0.3, 0.4) is 0 Å². The lowest BCUT2D eigenvalue weighted by Gasteiger charge is -2.09. The average molecular weight is 234 g/mol. The summed E-state index contributed by atoms with van der Waals surface area (Å²) in [7, 11) is 0. The summed E-state index contributed by atoms with van der Waals surface area (Å²) in [6.45, 7) is 4.33. The van der Waals surface area contributed by atoms with E-state index in [4.69, 9.17) is 4.74 Å². The Morgan fingerprint density at radius 1 is 1.41 bits per heavy atom. The predicted molar refractivity (Wildman–Crippen MR) is 66.5 cm³/mol. The first kappa shape index (κ1) is 13.6. The maximum Gasteiger partial charge on any atom is 0.157 e. The molecule has 0 aliphatic rings. The fourth-order valence-electron chi connectivity index (χ4n) is 1.40. The molecule has 0 aromatic heterocycles. The van der Waals surface area contributed by atoms with Crippen molar-refractivity contribution in [3.63, 3.8) is 0 Å². The zero-order chi connectivity index (χ0) is 12.5. The van der Waals surface area contributed by atoms with Crippen LogP contribution in [0.5, 0.6) is 0 Å². The Kier molecular flexibility index (Phi) is 6.22. The summed E-state index contributed by atoms with van der Waals surface area (Å²) in [5.41, 5.74) is 1.10. The average Bonchev–Trinajstić information content (AvgIpc) is 2.36. The Balaban J connectivity index is 2.12. The molecule has 3 nitrogen and oxygen atoms in total. The van der Waals surface area contributed by atoms with Crippen LogP contribution >= 0.6 is 0 Å². The van der Waals surface area contributed by atoms with Gasteiger partial charge in [0.2, 0.25) is 0 Å². The van der Waals surface area contributed by atoms with Crippen LogP contribution in [0.2, 0.25) is 0 Å². The lowest BCUT2D eigenvalue weighted by atomic mass is 10.1. The van der Waals surface area contributed by atoms with Gasteiger partial charge in [0.25, 0.3) is 0 Å². The Labute approximate surface area is 102 Å². The second-order valence-electron chi connectivity index (χ2n) is 3.86. The van der Waals surface area contributed by atoms with E-state index in [9.17, 15) is 9.90 Å². The molecule has 92 valence electrons. The topological polar surface area (TPSA) is 46.5 Å². The Hall–Kier alpha value is -1.45. The van der Waals surface area contributed by atoms with Crippen LogP contribution in [0.1, 0.15) is 18.4 Å². The van der Waals surface area contributed by atoms with Gasteiger partial charge in [0.1, 0.15) is 0 Å². The van der Waals surface area contributed by atoms with Crippen molar-refractivity contribution in [3.05, 3.63) is 48.6 Å². The summed E-state index contributed by atoms with van der Waals surface area (Å²) in [5, 5.41) is 9.50. The van der Waals surface area contributed by atoms with Gasteiger partial charge in [-0.3, -0.25) is 4.79 Å². The largest absolute Gasteiger partial charge is 0.393 e. The molecule has 0 radical (unpaired) electrons. The summed E-state index contributed by atoms with van der Waals surface area (Å²) in [4.78, 5) is 11.0. The minimum Gasteiger partial charge on any atom is -0.393 e. The van der Waals surface area contributed by atoms with E-state index in [0.717, 1.165) is 5.56 Å². The summed E-state index contributed by atoms with van der Waals surface area (Å²) in [6, 6.07) is 9.83. The molecule has 0 aliphatic carbocycles. The van der Waals surface area contributed by atoms with E-state index in [2.05, 4.69) is 6.58 Å². The molecule has 0 bridgehead atoms. The van der Waals surface area contributed by atoms with Crippen molar-refractivity contribution in [2.24, 2.45) is 0 Å². The van der Waals surface area contributed by atoms with Gasteiger partial charge in [-0.15, -0.1) is 0 Å². The van der Waals surface area contributed by atoms with Crippen molar-refractivity contribution < 1.29 is 14.6 Å². The van der Waals surface area contributed by atoms with E-state index in [1.165, 1.54) is 6.08 Å². The number of ketones is 1. The second kappa shape index (κ2) is 7.76. The molecule has 1 aromatic carbocycles. The molecule has 1 rings (SSSR count). The number of ether oxygens (including phenoxy) is 1. The van der Waals surface area contributed by atoms with E-state index in [1.54, 1.807) is 0 Å². The van der Waals surface area contributed by atoms with Crippen LogP contribution in [0, 0.1) is 0 Å². The molecular weight excluding hydrogens is 216 g/mol. The summed E-state index contributed by atoms with van der Waals surface area (Å²) in [6.07, 6.45) is 1.18. The van der Waals surface area contributed by atoms with Crippen molar-refractivity contribution >= 4 is 5.78 Å².